The molecule has 0 aromatic rings. The van der Waals surface area contributed by atoms with Crippen LogP contribution in [0.15, 0.2) is 12.2 Å². The first-order chi connectivity index (χ1) is 10.4. The Balaban J connectivity index is 3.03. The van der Waals surface area contributed by atoms with Gasteiger partial charge in [-0.15, -0.1) is 0 Å². The Labute approximate surface area is 134 Å². The van der Waals surface area contributed by atoms with Crippen molar-refractivity contribution in [3.63, 3.8) is 0 Å². The summed E-state index contributed by atoms with van der Waals surface area (Å²) >= 11 is 0. The minimum absolute atomic E-state index is 0.681. The second-order valence-corrected chi connectivity index (χ2v) is 6.43. The summed E-state index contributed by atoms with van der Waals surface area (Å²) in [7, 11) is -0.999. The lowest BCUT2D eigenvalue weighted by Gasteiger charge is -2.00. The highest BCUT2D eigenvalue weighted by Crippen LogP contribution is 2.10. The van der Waals surface area contributed by atoms with Crippen molar-refractivity contribution in [1.82, 2.24) is 0 Å². The van der Waals surface area contributed by atoms with Gasteiger partial charge < -0.3 is 4.52 Å². The van der Waals surface area contributed by atoms with Gasteiger partial charge in [-0.1, -0.05) is 76.9 Å². The molecule has 0 aliphatic heterocycles. The van der Waals surface area contributed by atoms with Gasteiger partial charge in [0.1, 0.15) is 0 Å². The van der Waals surface area contributed by atoms with Crippen molar-refractivity contribution >= 4 is 8.69 Å². The van der Waals surface area contributed by atoms with Crippen LogP contribution in [0, 0.1) is 0 Å². The van der Waals surface area contributed by atoms with E-state index in [9.17, 15) is 4.57 Å². The van der Waals surface area contributed by atoms with E-state index in [1.165, 1.54) is 83.5 Å². The molecule has 0 amide bonds. The molecule has 0 aliphatic carbocycles. The molecule has 0 aromatic heterocycles. The number of allylic oxidation sites excluding steroid dienone is 2. The van der Waals surface area contributed by atoms with E-state index < -0.39 is 8.69 Å². The summed E-state index contributed by atoms with van der Waals surface area (Å²) in [6, 6.07) is 0. The number of hydrogen-bond acceptors (Lipinski definition) is 2. The topological polar surface area (TPSA) is 26.3 Å². The zero-order chi connectivity index (χ0) is 15.4. The van der Waals surface area contributed by atoms with Gasteiger partial charge in [-0.25, -0.2) is 0 Å². The molecule has 0 aromatic carbocycles. The average molecular weight is 316 g/mol. The van der Waals surface area contributed by atoms with Gasteiger partial charge in [-0.05, 0) is 32.1 Å². The molecule has 0 bridgehead atoms. The van der Waals surface area contributed by atoms with Crippen molar-refractivity contribution in [3.8, 4) is 0 Å². The third-order valence-electron chi connectivity index (χ3n) is 3.84. The molecule has 2 nitrogen and oxygen atoms in total. The first kappa shape index (κ1) is 20.9. The largest absolute Gasteiger partial charge is 0.332 e. The maximum absolute atomic E-state index is 10.1. The van der Waals surface area contributed by atoms with Crippen molar-refractivity contribution in [3.05, 3.63) is 12.2 Å². The predicted molar refractivity (Wildman–Crippen MR) is 95.8 cm³/mol. The van der Waals surface area contributed by atoms with Crippen LogP contribution in [0.5, 0.6) is 0 Å². The fourth-order valence-electron chi connectivity index (χ4n) is 2.48. The molecule has 21 heavy (non-hydrogen) atoms. The van der Waals surface area contributed by atoms with Gasteiger partial charge in [0.15, 0.2) is 8.69 Å². The molecule has 0 spiro atoms. The molecule has 0 saturated carbocycles. The number of unbranched alkanes of at least 4 members (excludes halogenated alkanes) is 12. The van der Waals surface area contributed by atoms with Crippen LogP contribution in [-0.2, 0) is 9.09 Å². The zero-order valence-corrected chi connectivity index (χ0v) is 15.3. The van der Waals surface area contributed by atoms with Gasteiger partial charge in [-0.3, -0.25) is 4.57 Å². The van der Waals surface area contributed by atoms with E-state index in [4.69, 9.17) is 4.52 Å². The normalized spacial score (nSPS) is 12.0. The second kappa shape index (κ2) is 19.9. The Kier molecular flexibility index (Phi) is 19.9. The molecular formula is C18H37O2P. The minimum Gasteiger partial charge on any atom is -0.332 e. The van der Waals surface area contributed by atoms with Crippen molar-refractivity contribution in [1.29, 1.82) is 0 Å². The summed E-state index contributed by atoms with van der Waals surface area (Å²) in [6.07, 6.45) is 23.2. The van der Waals surface area contributed by atoms with Crippen molar-refractivity contribution in [2.45, 2.75) is 96.8 Å². The fourth-order valence-corrected chi connectivity index (χ4v) is 2.74. The van der Waals surface area contributed by atoms with Crippen LogP contribution in [0.25, 0.3) is 0 Å². The van der Waals surface area contributed by atoms with E-state index in [0.29, 0.717) is 6.61 Å². The van der Waals surface area contributed by atoms with Crippen LogP contribution in [0.2, 0.25) is 0 Å². The SMILES string of the molecule is CCCCCCCCC=CCCCCCCCCO[PH2]=O. The molecular weight excluding hydrogens is 279 g/mol. The predicted octanol–water partition coefficient (Wildman–Crippen LogP) is 6.71. The standard InChI is InChI=1S/C18H37O2P/c1-2-3-4-5-6-7-8-9-10-11-12-13-14-15-16-17-18-20-21-19/h9-10H,2-8,11-18,21H2,1H3. The lowest BCUT2D eigenvalue weighted by molar-refractivity contribution is 0.328. The maximum atomic E-state index is 10.1. The minimum atomic E-state index is -0.999. The third-order valence-corrected chi connectivity index (χ3v) is 4.21. The lowest BCUT2D eigenvalue weighted by Crippen LogP contribution is -1.85. The number of rotatable bonds is 17. The Bertz CT molecular complexity index is 229. The van der Waals surface area contributed by atoms with E-state index in [0.717, 1.165) is 6.42 Å². The summed E-state index contributed by atoms with van der Waals surface area (Å²) in [4.78, 5) is 0. The lowest BCUT2D eigenvalue weighted by atomic mass is 10.1. The summed E-state index contributed by atoms with van der Waals surface area (Å²) in [5.74, 6) is 0. The molecule has 0 fully saturated rings. The molecule has 126 valence electrons. The Morgan fingerprint density at radius 3 is 1.71 bits per heavy atom. The Morgan fingerprint density at radius 1 is 0.714 bits per heavy atom. The van der Waals surface area contributed by atoms with Gasteiger partial charge in [0.25, 0.3) is 0 Å². The van der Waals surface area contributed by atoms with E-state index >= 15 is 0 Å². The van der Waals surface area contributed by atoms with E-state index in [-0.39, 0.29) is 0 Å². The molecule has 0 N–H and O–H groups in total. The summed E-state index contributed by atoms with van der Waals surface area (Å²) in [5, 5.41) is 0. The van der Waals surface area contributed by atoms with E-state index in [2.05, 4.69) is 19.1 Å². The summed E-state index contributed by atoms with van der Waals surface area (Å²) < 4.78 is 15.0. The zero-order valence-electron chi connectivity index (χ0n) is 14.2. The molecule has 3 heteroatoms. The monoisotopic (exact) mass is 316 g/mol. The van der Waals surface area contributed by atoms with Crippen LogP contribution in [0.4, 0.5) is 0 Å². The highest BCUT2D eigenvalue weighted by Gasteiger charge is 1.91. The molecule has 1 unspecified atom stereocenters. The Morgan fingerprint density at radius 2 is 1.19 bits per heavy atom. The van der Waals surface area contributed by atoms with Crippen LogP contribution in [-0.4, -0.2) is 6.61 Å². The van der Waals surface area contributed by atoms with Gasteiger partial charge in [0.2, 0.25) is 0 Å². The van der Waals surface area contributed by atoms with Crippen LogP contribution >= 0.6 is 8.69 Å². The van der Waals surface area contributed by atoms with E-state index in [1.807, 2.05) is 0 Å². The van der Waals surface area contributed by atoms with E-state index in [1.54, 1.807) is 0 Å². The van der Waals surface area contributed by atoms with Gasteiger partial charge in [0, 0.05) is 0 Å². The van der Waals surface area contributed by atoms with Crippen molar-refractivity contribution in [2.75, 3.05) is 6.61 Å². The molecule has 0 saturated heterocycles. The molecule has 1 atom stereocenters. The average Bonchev–Trinajstić information content (AvgIpc) is 2.50. The maximum Gasteiger partial charge on any atom is 0.179 e. The highest BCUT2D eigenvalue weighted by molar-refractivity contribution is 7.17. The van der Waals surface area contributed by atoms with Crippen molar-refractivity contribution < 1.29 is 9.09 Å². The quantitative estimate of drug-likeness (QED) is 0.169. The van der Waals surface area contributed by atoms with Gasteiger partial charge in [-0.2, -0.15) is 0 Å². The Hall–Kier alpha value is -0.0700. The first-order valence-electron chi connectivity index (χ1n) is 9.12. The first-order valence-corrected chi connectivity index (χ1v) is 10.1. The molecule has 0 heterocycles. The van der Waals surface area contributed by atoms with Crippen molar-refractivity contribution in [2.24, 2.45) is 0 Å². The second-order valence-electron chi connectivity index (χ2n) is 5.90. The highest BCUT2D eigenvalue weighted by atomic mass is 31.1. The number of hydrogen-bond donors (Lipinski definition) is 0. The third kappa shape index (κ3) is 19.9. The summed E-state index contributed by atoms with van der Waals surface area (Å²) in [5.41, 5.74) is 0. The van der Waals surface area contributed by atoms with Gasteiger partial charge in [0.05, 0.1) is 6.61 Å². The smallest absolute Gasteiger partial charge is 0.179 e. The molecule has 0 aliphatic rings. The molecule has 0 radical (unpaired) electrons. The molecule has 0 rings (SSSR count). The summed E-state index contributed by atoms with van der Waals surface area (Å²) in [6.45, 7) is 2.95. The van der Waals surface area contributed by atoms with Crippen LogP contribution in [0.1, 0.15) is 96.8 Å². The van der Waals surface area contributed by atoms with Crippen LogP contribution < -0.4 is 0 Å². The fraction of sp³-hybridized carbons (Fsp3) is 0.889. The van der Waals surface area contributed by atoms with Gasteiger partial charge >= 0.3 is 0 Å². The van der Waals surface area contributed by atoms with Crippen LogP contribution in [0.3, 0.4) is 0 Å².